The summed E-state index contributed by atoms with van der Waals surface area (Å²) in [6.45, 7) is 4.55. The van der Waals surface area contributed by atoms with Gasteiger partial charge in [0.05, 0.1) is 18.6 Å². The Morgan fingerprint density at radius 2 is 1.73 bits per heavy atom. The number of carboxylic acids is 1. The second-order valence-electron chi connectivity index (χ2n) is 10.7. The molecule has 7 heteroatoms. The van der Waals surface area contributed by atoms with Gasteiger partial charge in [-0.2, -0.15) is 0 Å². The molecule has 4 N–H and O–H groups in total. The number of benzene rings is 2. The van der Waals surface area contributed by atoms with Gasteiger partial charge in [0, 0.05) is 22.3 Å². The van der Waals surface area contributed by atoms with Crippen molar-refractivity contribution < 1.29 is 19.4 Å². The minimum absolute atomic E-state index is 0.00637. The van der Waals surface area contributed by atoms with Gasteiger partial charge in [0.1, 0.15) is 5.75 Å². The molecule has 2 aliphatic rings. The smallest absolute Gasteiger partial charge is 0.306 e. The molecule has 2 fully saturated rings. The summed E-state index contributed by atoms with van der Waals surface area (Å²) in [6.07, 6.45) is 3.96. The molecule has 1 spiro atoms. The summed E-state index contributed by atoms with van der Waals surface area (Å²) >= 11 is 1.67. The molecule has 1 aromatic heterocycles. The number of thiophene rings is 1. The maximum Gasteiger partial charge on any atom is 0.306 e. The van der Waals surface area contributed by atoms with Crippen LogP contribution in [-0.4, -0.2) is 30.1 Å². The van der Waals surface area contributed by atoms with Crippen molar-refractivity contribution in [1.29, 1.82) is 0 Å². The normalized spacial score (nSPS) is 22.3. The van der Waals surface area contributed by atoms with E-state index in [1.807, 2.05) is 19.1 Å². The summed E-state index contributed by atoms with van der Waals surface area (Å²) in [7, 11) is 1.66. The van der Waals surface area contributed by atoms with Crippen molar-refractivity contribution in [2.45, 2.75) is 58.5 Å². The summed E-state index contributed by atoms with van der Waals surface area (Å²) < 4.78 is 5.43. The fourth-order valence-corrected chi connectivity index (χ4v) is 7.24. The van der Waals surface area contributed by atoms with Gasteiger partial charge in [-0.15, -0.1) is 11.3 Å². The van der Waals surface area contributed by atoms with Crippen LogP contribution in [-0.2, 0) is 17.8 Å². The summed E-state index contributed by atoms with van der Waals surface area (Å²) in [4.78, 5) is 26.7. The number of rotatable bonds is 8. The number of hydrogen-bond acceptors (Lipinski definition) is 5. The molecule has 0 unspecified atom stereocenters. The van der Waals surface area contributed by atoms with Crippen molar-refractivity contribution >= 4 is 23.2 Å². The molecule has 0 bridgehead atoms. The highest BCUT2D eigenvalue weighted by atomic mass is 32.1. The molecule has 0 saturated heterocycles. The lowest BCUT2D eigenvalue weighted by atomic mass is 9.50. The van der Waals surface area contributed by atoms with Crippen LogP contribution in [0.25, 0.3) is 11.1 Å². The number of methoxy groups -OCH3 is 1. The number of amides is 1. The summed E-state index contributed by atoms with van der Waals surface area (Å²) in [5.74, 6) is -0.112. The van der Waals surface area contributed by atoms with Crippen molar-refractivity contribution in [3.8, 4) is 16.9 Å². The molecule has 2 saturated carbocycles. The number of nitrogens with one attached hydrogen (secondary N) is 1. The van der Waals surface area contributed by atoms with Crippen LogP contribution < -0.4 is 15.8 Å². The first kappa shape index (κ1) is 25.5. The molecule has 0 radical (unpaired) electrons. The van der Waals surface area contributed by atoms with E-state index in [0.717, 1.165) is 69.7 Å². The monoisotopic (exact) mass is 518 g/mol. The highest BCUT2D eigenvalue weighted by molar-refractivity contribution is 7.12. The van der Waals surface area contributed by atoms with E-state index in [9.17, 15) is 9.59 Å². The Morgan fingerprint density at radius 1 is 1.03 bits per heavy atom. The van der Waals surface area contributed by atoms with Crippen LogP contribution in [0.3, 0.4) is 0 Å². The maximum absolute atomic E-state index is 13.3. The summed E-state index contributed by atoms with van der Waals surface area (Å²) in [6, 6.07) is 14.6. The van der Waals surface area contributed by atoms with Crippen LogP contribution in [0.2, 0.25) is 0 Å². The minimum Gasteiger partial charge on any atom is -0.497 e. The lowest BCUT2D eigenvalue weighted by Crippen LogP contribution is -2.57. The van der Waals surface area contributed by atoms with E-state index in [-0.39, 0.29) is 23.3 Å². The molecule has 0 atom stereocenters. The third kappa shape index (κ3) is 5.03. The van der Waals surface area contributed by atoms with Gasteiger partial charge in [-0.1, -0.05) is 24.3 Å². The fourth-order valence-electron chi connectivity index (χ4n) is 6.16. The largest absolute Gasteiger partial charge is 0.497 e. The number of ether oxygens (including phenoxy) is 1. The molecule has 5 rings (SSSR count). The molecular formula is C30H34N2O4S. The Morgan fingerprint density at radius 3 is 2.35 bits per heavy atom. The first-order valence-electron chi connectivity index (χ1n) is 12.8. The Balaban J connectivity index is 1.27. The predicted molar refractivity (Wildman–Crippen MR) is 146 cm³/mol. The Bertz CT molecular complexity index is 1310. The Kier molecular flexibility index (Phi) is 6.86. The summed E-state index contributed by atoms with van der Waals surface area (Å²) in [5.41, 5.74) is 12.2. The molecule has 3 aromatic rings. The van der Waals surface area contributed by atoms with E-state index in [1.165, 1.54) is 4.88 Å². The number of carbonyl (C=O) groups excluding carboxylic acids is 1. The zero-order valence-electron chi connectivity index (χ0n) is 21.6. The molecule has 2 aliphatic carbocycles. The fraction of sp³-hybridized carbons (Fsp3) is 0.400. The van der Waals surface area contributed by atoms with E-state index in [0.29, 0.717) is 13.0 Å². The zero-order chi connectivity index (χ0) is 26.3. The first-order chi connectivity index (χ1) is 17.7. The number of carbonyl (C=O) groups is 2. The molecule has 6 nitrogen and oxygen atoms in total. The third-order valence-electron chi connectivity index (χ3n) is 8.12. The van der Waals surface area contributed by atoms with Crippen molar-refractivity contribution in [3.05, 3.63) is 74.5 Å². The van der Waals surface area contributed by atoms with Crippen LogP contribution in [0.1, 0.15) is 62.5 Å². The number of hydrogen-bond donors (Lipinski definition) is 3. The topological polar surface area (TPSA) is 102 Å². The van der Waals surface area contributed by atoms with E-state index in [2.05, 4.69) is 42.6 Å². The highest BCUT2D eigenvalue weighted by Crippen LogP contribution is 2.58. The van der Waals surface area contributed by atoms with Gasteiger partial charge < -0.3 is 20.9 Å². The minimum atomic E-state index is -0.691. The Labute approximate surface area is 221 Å². The van der Waals surface area contributed by atoms with E-state index >= 15 is 0 Å². The van der Waals surface area contributed by atoms with Crippen LogP contribution in [0.4, 0.5) is 0 Å². The van der Waals surface area contributed by atoms with E-state index in [1.54, 1.807) is 18.4 Å². The molecule has 2 aromatic carbocycles. The maximum atomic E-state index is 13.3. The molecule has 37 heavy (non-hydrogen) atoms. The van der Waals surface area contributed by atoms with Crippen molar-refractivity contribution in [1.82, 2.24) is 5.32 Å². The number of carboxylic acid groups (broad SMARTS) is 1. The van der Waals surface area contributed by atoms with E-state index < -0.39 is 5.97 Å². The quantitative estimate of drug-likeness (QED) is 0.367. The third-order valence-corrected chi connectivity index (χ3v) is 9.18. The second-order valence-corrected chi connectivity index (χ2v) is 12.2. The zero-order valence-corrected chi connectivity index (χ0v) is 22.4. The van der Waals surface area contributed by atoms with Gasteiger partial charge in [-0.3, -0.25) is 9.59 Å². The molecule has 0 aliphatic heterocycles. The molecule has 194 valence electrons. The van der Waals surface area contributed by atoms with Gasteiger partial charge in [-0.05, 0) is 97.4 Å². The first-order valence-corrected chi connectivity index (χ1v) is 13.6. The van der Waals surface area contributed by atoms with Crippen molar-refractivity contribution in [2.75, 3.05) is 7.11 Å². The van der Waals surface area contributed by atoms with Crippen LogP contribution >= 0.6 is 11.3 Å². The van der Waals surface area contributed by atoms with Gasteiger partial charge in [0.25, 0.3) is 5.91 Å². The van der Waals surface area contributed by atoms with Gasteiger partial charge in [0.15, 0.2) is 0 Å². The number of nitrogens with two attached hydrogens (primary N) is 1. The van der Waals surface area contributed by atoms with Crippen LogP contribution in [0, 0.1) is 25.2 Å². The average Bonchev–Trinajstić information content (AvgIpc) is 3.11. The SMILES string of the molecule is COc1cc(CN)cc(-c2ccc(Cc3c(C)sc(C)c3C(=O)NC3CC4(C3)CC(C(=O)O)C4)cc2)c1. The Hall–Kier alpha value is -3.16. The molecule has 1 amide bonds. The standard InChI is InChI=1S/C30H34N2O4S/c1-17-26(10-19-4-6-21(7-5-19)22-8-20(16-31)9-25(11-22)36-3)27(18(2)37-17)28(33)32-24-14-30(15-24)12-23(13-30)29(34)35/h4-9,11,23-24H,10,12-16,31H2,1-3H3,(H,32,33)(H,34,35). The second kappa shape index (κ2) is 9.95. The van der Waals surface area contributed by atoms with Crippen LogP contribution in [0.15, 0.2) is 42.5 Å². The van der Waals surface area contributed by atoms with Gasteiger partial charge >= 0.3 is 5.97 Å². The predicted octanol–water partition coefficient (Wildman–Crippen LogP) is 5.46. The summed E-state index contributed by atoms with van der Waals surface area (Å²) in [5, 5.41) is 12.4. The van der Waals surface area contributed by atoms with Gasteiger partial charge in [0.2, 0.25) is 0 Å². The van der Waals surface area contributed by atoms with Crippen molar-refractivity contribution in [3.63, 3.8) is 0 Å². The van der Waals surface area contributed by atoms with Gasteiger partial charge in [-0.25, -0.2) is 0 Å². The van der Waals surface area contributed by atoms with E-state index in [4.69, 9.17) is 15.6 Å². The van der Waals surface area contributed by atoms with Crippen molar-refractivity contribution in [2.24, 2.45) is 17.1 Å². The molecular weight excluding hydrogens is 484 g/mol. The lowest BCUT2D eigenvalue weighted by molar-refractivity contribution is -0.155. The number of aliphatic carboxylic acids is 1. The number of aryl methyl sites for hydroxylation is 2. The average molecular weight is 519 g/mol. The van der Waals surface area contributed by atoms with Crippen LogP contribution in [0.5, 0.6) is 5.75 Å². The lowest BCUT2D eigenvalue weighted by Gasteiger charge is -2.56. The molecule has 1 heterocycles. The highest BCUT2D eigenvalue weighted by Gasteiger charge is 2.55.